The summed E-state index contributed by atoms with van der Waals surface area (Å²) in [5.41, 5.74) is 2.15. The number of urea groups is 1. The summed E-state index contributed by atoms with van der Waals surface area (Å²) in [7, 11) is 0. The first-order chi connectivity index (χ1) is 9.18. The molecule has 3 heteroatoms. The molecule has 1 aromatic carbocycles. The van der Waals surface area contributed by atoms with Crippen molar-refractivity contribution in [3.8, 4) is 0 Å². The zero-order chi connectivity index (χ0) is 13.7. The van der Waals surface area contributed by atoms with Crippen LogP contribution in [0.3, 0.4) is 0 Å². The largest absolute Gasteiger partial charge is 0.325 e. The van der Waals surface area contributed by atoms with Crippen molar-refractivity contribution in [1.29, 1.82) is 0 Å². The Bertz CT molecular complexity index is 421. The predicted molar refractivity (Wildman–Crippen MR) is 79.6 cm³/mol. The van der Waals surface area contributed by atoms with E-state index in [1.54, 1.807) is 0 Å². The Hall–Kier alpha value is -1.51. The maximum Gasteiger partial charge on any atom is 0.321 e. The third kappa shape index (κ3) is 3.72. The highest BCUT2D eigenvalue weighted by atomic mass is 16.2. The number of carbonyl (C=O) groups excluding carboxylic acids is 1. The van der Waals surface area contributed by atoms with E-state index < -0.39 is 0 Å². The highest BCUT2D eigenvalue weighted by Gasteiger charge is 2.16. The van der Waals surface area contributed by atoms with E-state index in [9.17, 15) is 4.79 Å². The van der Waals surface area contributed by atoms with E-state index >= 15 is 0 Å². The van der Waals surface area contributed by atoms with Gasteiger partial charge in [0, 0.05) is 18.8 Å². The van der Waals surface area contributed by atoms with Crippen LogP contribution < -0.4 is 5.32 Å². The van der Waals surface area contributed by atoms with Crippen LogP contribution in [-0.4, -0.2) is 24.0 Å². The van der Waals surface area contributed by atoms with Gasteiger partial charge in [0.2, 0.25) is 0 Å². The summed E-state index contributed by atoms with van der Waals surface area (Å²) in [6.45, 7) is 6.07. The van der Waals surface area contributed by atoms with Gasteiger partial charge in [0.15, 0.2) is 0 Å². The number of nitrogens with zero attached hydrogens (tertiary/aromatic N) is 1. The minimum Gasteiger partial charge on any atom is -0.325 e. The zero-order valence-electron chi connectivity index (χ0n) is 12.0. The van der Waals surface area contributed by atoms with Crippen LogP contribution in [0.2, 0.25) is 0 Å². The number of carbonyl (C=O) groups is 1. The molecule has 0 aromatic heterocycles. The molecule has 1 aromatic rings. The van der Waals surface area contributed by atoms with E-state index in [2.05, 4.69) is 25.2 Å². The van der Waals surface area contributed by atoms with Crippen molar-refractivity contribution in [1.82, 2.24) is 4.90 Å². The fourth-order valence-corrected chi connectivity index (χ4v) is 2.58. The average molecular weight is 260 g/mol. The molecule has 0 bridgehead atoms. The average Bonchev–Trinajstić information content (AvgIpc) is 2.68. The van der Waals surface area contributed by atoms with Crippen molar-refractivity contribution in [2.75, 3.05) is 18.4 Å². The van der Waals surface area contributed by atoms with E-state index in [1.807, 2.05) is 23.1 Å². The molecule has 2 amide bonds. The zero-order valence-corrected chi connectivity index (χ0v) is 12.0. The van der Waals surface area contributed by atoms with Crippen LogP contribution in [0.25, 0.3) is 0 Å². The number of amides is 2. The molecule has 0 aliphatic carbocycles. The molecule has 104 valence electrons. The van der Waals surface area contributed by atoms with E-state index in [-0.39, 0.29) is 6.03 Å². The molecule has 1 fully saturated rings. The highest BCUT2D eigenvalue weighted by molar-refractivity contribution is 5.90. The van der Waals surface area contributed by atoms with Gasteiger partial charge in [0.25, 0.3) is 0 Å². The lowest BCUT2D eigenvalue weighted by atomic mass is 10.0. The number of nitrogens with one attached hydrogen (secondary N) is 1. The molecule has 3 nitrogen and oxygen atoms in total. The highest BCUT2D eigenvalue weighted by Crippen LogP contribution is 2.24. The van der Waals surface area contributed by atoms with E-state index in [0.717, 1.165) is 31.6 Å². The summed E-state index contributed by atoms with van der Waals surface area (Å²) in [4.78, 5) is 14.3. The molecule has 0 saturated carbocycles. The second kappa shape index (κ2) is 6.60. The lowest BCUT2D eigenvalue weighted by Gasteiger charge is -2.22. The quantitative estimate of drug-likeness (QED) is 0.848. The summed E-state index contributed by atoms with van der Waals surface area (Å²) < 4.78 is 0. The van der Waals surface area contributed by atoms with Gasteiger partial charge in [-0.1, -0.05) is 44.9 Å². The lowest BCUT2D eigenvalue weighted by Crippen LogP contribution is -2.35. The molecule has 1 saturated heterocycles. The molecule has 1 heterocycles. The molecule has 1 aliphatic heterocycles. The standard InChI is InChI=1S/C16H24N2O/c1-13(2)14-9-5-6-10-15(14)17-16(19)18-11-7-3-4-8-12-18/h5-6,9-10,13H,3-4,7-8,11-12H2,1-2H3,(H,17,19). The van der Waals surface area contributed by atoms with Crippen molar-refractivity contribution in [2.24, 2.45) is 0 Å². The van der Waals surface area contributed by atoms with Crippen LogP contribution in [0, 0.1) is 0 Å². The molecule has 0 spiro atoms. The fraction of sp³-hybridized carbons (Fsp3) is 0.562. The molecule has 19 heavy (non-hydrogen) atoms. The summed E-state index contributed by atoms with van der Waals surface area (Å²) >= 11 is 0. The van der Waals surface area contributed by atoms with Gasteiger partial charge >= 0.3 is 6.03 Å². The summed E-state index contributed by atoms with van der Waals surface area (Å²) in [5, 5.41) is 3.08. The number of hydrogen-bond donors (Lipinski definition) is 1. The molecule has 2 rings (SSSR count). The SMILES string of the molecule is CC(C)c1ccccc1NC(=O)N1CCCCCC1. The monoisotopic (exact) mass is 260 g/mol. The molecule has 1 aliphatic rings. The summed E-state index contributed by atoms with van der Waals surface area (Å²) in [5.74, 6) is 0.417. The van der Waals surface area contributed by atoms with Crippen molar-refractivity contribution in [3.05, 3.63) is 29.8 Å². The third-order valence-corrected chi connectivity index (χ3v) is 3.72. The Kier molecular flexibility index (Phi) is 4.83. The summed E-state index contributed by atoms with van der Waals surface area (Å²) in [6.07, 6.45) is 4.73. The Morgan fingerprint density at radius 3 is 2.37 bits per heavy atom. The minimum atomic E-state index is 0.0509. The number of para-hydroxylation sites is 1. The van der Waals surface area contributed by atoms with E-state index in [1.165, 1.54) is 18.4 Å². The van der Waals surface area contributed by atoms with Gasteiger partial charge < -0.3 is 10.2 Å². The topological polar surface area (TPSA) is 32.3 Å². The Morgan fingerprint density at radius 2 is 1.74 bits per heavy atom. The Labute approximate surface area is 116 Å². The molecule has 0 unspecified atom stereocenters. The van der Waals surface area contributed by atoms with E-state index in [4.69, 9.17) is 0 Å². The van der Waals surface area contributed by atoms with Gasteiger partial charge in [0.05, 0.1) is 0 Å². The molecule has 0 atom stereocenters. The number of hydrogen-bond acceptors (Lipinski definition) is 1. The number of benzene rings is 1. The number of rotatable bonds is 2. The molecule has 0 radical (unpaired) electrons. The van der Waals surface area contributed by atoms with Gasteiger partial charge in [-0.3, -0.25) is 0 Å². The van der Waals surface area contributed by atoms with Gasteiger partial charge in [0.1, 0.15) is 0 Å². The van der Waals surface area contributed by atoms with Crippen molar-refractivity contribution in [2.45, 2.75) is 45.4 Å². The van der Waals surface area contributed by atoms with Gasteiger partial charge in [-0.2, -0.15) is 0 Å². The number of anilines is 1. The third-order valence-electron chi connectivity index (χ3n) is 3.72. The first-order valence-corrected chi connectivity index (χ1v) is 7.33. The first kappa shape index (κ1) is 13.9. The smallest absolute Gasteiger partial charge is 0.321 e. The molecular formula is C16H24N2O. The minimum absolute atomic E-state index is 0.0509. The van der Waals surface area contributed by atoms with Crippen LogP contribution in [0.1, 0.15) is 51.0 Å². The molecule has 1 N–H and O–H groups in total. The van der Waals surface area contributed by atoms with Crippen LogP contribution in [0.5, 0.6) is 0 Å². The van der Waals surface area contributed by atoms with Crippen molar-refractivity contribution >= 4 is 11.7 Å². The second-order valence-corrected chi connectivity index (χ2v) is 5.57. The maximum absolute atomic E-state index is 12.3. The van der Waals surface area contributed by atoms with E-state index in [0.29, 0.717) is 5.92 Å². The van der Waals surface area contributed by atoms with Crippen LogP contribution in [-0.2, 0) is 0 Å². The van der Waals surface area contributed by atoms with Gasteiger partial charge in [-0.05, 0) is 30.4 Å². The summed E-state index contributed by atoms with van der Waals surface area (Å²) in [6, 6.07) is 8.13. The van der Waals surface area contributed by atoms with Gasteiger partial charge in [-0.15, -0.1) is 0 Å². The second-order valence-electron chi connectivity index (χ2n) is 5.57. The van der Waals surface area contributed by atoms with Crippen molar-refractivity contribution < 1.29 is 4.79 Å². The molecular weight excluding hydrogens is 236 g/mol. The number of likely N-dealkylation sites (tertiary alicyclic amines) is 1. The normalized spacial score (nSPS) is 16.3. The Morgan fingerprint density at radius 1 is 1.11 bits per heavy atom. The van der Waals surface area contributed by atoms with Crippen LogP contribution >= 0.6 is 0 Å². The van der Waals surface area contributed by atoms with Crippen LogP contribution in [0.15, 0.2) is 24.3 Å². The maximum atomic E-state index is 12.3. The first-order valence-electron chi connectivity index (χ1n) is 7.33. The van der Waals surface area contributed by atoms with Crippen molar-refractivity contribution in [3.63, 3.8) is 0 Å². The Balaban J connectivity index is 2.05. The fourth-order valence-electron chi connectivity index (χ4n) is 2.58. The van der Waals surface area contributed by atoms with Crippen LogP contribution in [0.4, 0.5) is 10.5 Å². The lowest BCUT2D eigenvalue weighted by molar-refractivity contribution is 0.213. The predicted octanol–water partition coefficient (Wildman–Crippen LogP) is 4.22. The van der Waals surface area contributed by atoms with Gasteiger partial charge in [-0.25, -0.2) is 4.79 Å².